The van der Waals surface area contributed by atoms with Crippen LogP contribution in [0.2, 0.25) is 0 Å². The van der Waals surface area contributed by atoms with E-state index in [0.717, 1.165) is 0 Å². The Morgan fingerprint density at radius 3 is 2.27 bits per heavy atom. The van der Waals surface area contributed by atoms with Crippen molar-refractivity contribution < 1.29 is 28.9 Å². The number of carbonyl (C=O) groups is 2. The molecule has 0 aliphatic carbocycles. The van der Waals surface area contributed by atoms with Crippen molar-refractivity contribution in [2.75, 3.05) is 20.8 Å². The summed E-state index contributed by atoms with van der Waals surface area (Å²) in [5, 5.41) is 9.23. The zero-order valence-corrected chi connectivity index (χ0v) is 14.2. The Balaban J connectivity index is 2.96. The number of likely N-dealkylation sites (tertiary alicyclic amines) is 1. The molecule has 1 aliphatic heterocycles. The topological polar surface area (TPSA) is 85.3 Å². The first-order valence-corrected chi connectivity index (χ1v) is 7.38. The second-order valence-corrected chi connectivity index (χ2v) is 6.62. The third kappa shape index (κ3) is 4.58. The molecule has 4 atom stereocenters. The maximum absolute atomic E-state index is 12.4. The highest BCUT2D eigenvalue weighted by Gasteiger charge is 2.45. The molecule has 1 rings (SSSR count). The van der Waals surface area contributed by atoms with Gasteiger partial charge in [0.05, 0.1) is 30.7 Å². The Hall–Kier alpha value is -1.34. The van der Waals surface area contributed by atoms with E-state index in [4.69, 9.17) is 14.2 Å². The van der Waals surface area contributed by atoms with E-state index in [1.165, 1.54) is 12.0 Å². The highest BCUT2D eigenvalue weighted by Crippen LogP contribution is 2.29. The molecule has 0 aromatic rings. The van der Waals surface area contributed by atoms with Crippen LogP contribution in [-0.2, 0) is 19.0 Å². The van der Waals surface area contributed by atoms with Gasteiger partial charge in [-0.1, -0.05) is 0 Å². The van der Waals surface area contributed by atoms with Gasteiger partial charge >= 0.3 is 12.1 Å². The molecule has 7 nitrogen and oxygen atoms in total. The van der Waals surface area contributed by atoms with Crippen LogP contribution in [0, 0.1) is 5.92 Å². The summed E-state index contributed by atoms with van der Waals surface area (Å²) >= 11 is 0. The van der Waals surface area contributed by atoms with Crippen molar-refractivity contribution >= 4 is 12.1 Å². The molecule has 0 unspecified atom stereocenters. The van der Waals surface area contributed by atoms with Crippen molar-refractivity contribution in [3.05, 3.63) is 0 Å². The smallest absolute Gasteiger partial charge is 0.410 e. The van der Waals surface area contributed by atoms with Gasteiger partial charge in [0.25, 0.3) is 0 Å². The van der Waals surface area contributed by atoms with Gasteiger partial charge in [-0.2, -0.15) is 0 Å². The molecule has 0 saturated carbocycles. The molecule has 1 saturated heterocycles. The predicted molar refractivity (Wildman–Crippen MR) is 79.7 cm³/mol. The van der Waals surface area contributed by atoms with Crippen LogP contribution in [0.1, 0.15) is 34.1 Å². The first-order valence-electron chi connectivity index (χ1n) is 7.38. The Kier molecular flexibility index (Phi) is 6.19. The predicted octanol–water partition coefficient (Wildman–Crippen LogP) is 1.75. The van der Waals surface area contributed by atoms with Gasteiger partial charge < -0.3 is 19.3 Å². The normalized spacial score (nSPS) is 24.9. The van der Waals surface area contributed by atoms with Gasteiger partial charge in [-0.15, -0.1) is 0 Å². The highest BCUT2D eigenvalue weighted by molar-refractivity contribution is 5.72. The van der Waals surface area contributed by atoms with Gasteiger partial charge in [-0.3, -0.25) is 9.69 Å². The Morgan fingerprint density at radius 2 is 1.86 bits per heavy atom. The second kappa shape index (κ2) is 7.28. The summed E-state index contributed by atoms with van der Waals surface area (Å²) in [6.07, 6.45) is -0.732. The monoisotopic (exact) mass is 317 g/mol. The number of carboxylic acids is 1. The SMILES string of the molecule is CO[C@@H]1C[C@@H]([C@H](OC)[C@@H](C)C(=O)O)N(C(=O)OC(C)(C)C)C1. The number of nitrogens with zero attached hydrogens (tertiary/aromatic N) is 1. The second-order valence-electron chi connectivity index (χ2n) is 6.62. The van der Waals surface area contributed by atoms with Crippen LogP contribution >= 0.6 is 0 Å². The molecule has 0 aromatic carbocycles. The van der Waals surface area contributed by atoms with E-state index in [9.17, 15) is 14.7 Å². The van der Waals surface area contributed by atoms with E-state index in [2.05, 4.69) is 0 Å². The molecule has 1 fully saturated rings. The average molecular weight is 317 g/mol. The van der Waals surface area contributed by atoms with Crippen molar-refractivity contribution in [3.8, 4) is 0 Å². The lowest BCUT2D eigenvalue weighted by Gasteiger charge is -2.33. The molecule has 128 valence electrons. The molecule has 0 aromatic heterocycles. The maximum atomic E-state index is 12.4. The van der Waals surface area contributed by atoms with Crippen LogP contribution in [0.4, 0.5) is 4.79 Å². The van der Waals surface area contributed by atoms with E-state index in [-0.39, 0.29) is 6.10 Å². The van der Waals surface area contributed by atoms with E-state index < -0.39 is 35.7 Å². The number of carboxylic acid groups (broad SMARTS) is 1. The average Bonchev–Trinajstić information content (AvgIpc) is 2.81. The van der Waals surface area contributed by atoms with E-state index in [1.807, 2.05) is 0 Å². The number of amides is 1. The fourth-order valence-electron chi connectivity index (χ4n) is 2.67. The lowest BCUT2D eigenvalue weighted by atomic mass is 9.95. The Bertz CT molecular complexity index is 405. The minimum absolute atomic E-state index is 0.156. The molecule has 1 N–H and O–H groups in total. The highest BCUT2D eigenvalue weighted by atomic mass is 16.6. The van der Waals surface area contributed by atoms with Gasteiger partial charge in [-0.25, -0.2) is 4.79 Å². The first kappa shape index (κ1) is 18.7. The molecule has 7 heteroatoms. The Labute approximate surface area is 131 Å². The van der Waals surface area contributed by atoms with Gasteiger partial charge in [0, 0.05) is 14.2 Å². The van der Waals surface area contributed by atoms with Crippen LogP contribution in [0.15, 0.2) is 0 Å². The van der Waals surface area contributed by atoms with Crippen LogP contribution < -0.4 is 0 Å². The number of hydrogen-bond donors (Lipinski definition) is 1. The lowest BCUT2D eigenvalue weighted by Crippen LogP contribution is -2.49. The molecule has 0 radical (unpaired) electrons. The molecule has 1 amide bonds. The molecule has 0 spiro atoms. The molecule has 1 aliphatic rings. The number of carbonyl (C=O) groups excluding carboxylic acids is 1. The van der Waals surface area contributed by atoms with Gasteiger partial charge in [0.2, 0.25) is 0 Å². The summed E-state index contributed by atoms with van der Waals surface area (Å²) in [6, 6.07) is -0.393. The zero-order chi connectivity index (χ0) is 17.1. The van der Waals surface area contributed by atoms with Gasteiger partial charge in [-0.05, 0) is 34.1 Å². The third-order valence-electron chi connectivity index (χ3n) is 3.80. The fourth-order valence-corrected chi connectivity index (χ4v) is 2.67. The molecule has 0 bridgehead atoms. The zero-order valence-electron chi connectivity index (χ0n) is 14.2. The van der Waals surface area contributed by atoms with Crippen molar-refractivity contribution in [2.24, 2.45) is 5.92 Å². The van der Waals surface area contributed by atoms with Crippen LogP contribution in [0.25, 0.3) is 0 Å². The standard InChI is InChI=1S/C15H27NO6/c1-9(13(17)18)12(21-6)11-7-10(20-5)8-16(11)14(19)22-15(2,3)4/h9-12H,7-8H2,1-6H3,(H,17,18)/t9-,10-,11+,12-/m1/s1. The largest absolute Gasteiger partial charge is 0.481 e. The lowest BCUT2D eigenvalue weighted by molar-refractivity contribution is -0.147. The van der Waals surface area contributed by atoms with E-state index >= 15 is 0 Å². The Morgan fingerprint density at radius 1 is 1.27 bits per heavy atom. The summed E-state index contributed by atoms with van der Waals surface area (Å²) in [5.74, 6) is -1.70. The van der Waals surface area contributed by atoms with Crippen LogP contribution in [-0.4, -0.2) is 66.7 Å². The van der Waals surface area contributed by atoms with Crippen LogP contribution in [0.5, 0.6) is 0 Å². The number of rotatable bonds is 5. The van der Waals surface area contributed by atoms with Crippen molar-refractivity contribution in [1.82, 2.24) is 4.90 Å². The van der Waals surface area contributed by atoms with Gasteiger partial charge in [0.1, 0.15) is 5.60 Å². The molecule has 22 heavy (non-hydrogen) atoms. The third-order valence-corrected chi connectivity index (χ3v) is 3.80. The minimum atomic E-state index is -0.961. The molecule has 1 heterocycles. The van der Waals surface area contributed by atoms with Crippen molar-refractivity contribution in [3.63, 3.8) is 0 Å². The van der Waals surface area contributed by atoms with Crippen molar-refractivity contribution in [1.29, 1.82) is 0 Å². The van der Waals surface area contributed by atoms with Crippen LogP contribution in [0.3, 0.4) is 0 Å². The summed E-state index contributed by atoms with van der Waals surface area (Å²) in [6.45, 7) is 7.30. The molecular formula is C15H27NO6. The summed E-state index contributed by atoms with van der Waals surface area (Å²) in [4.78, 5) is 25.2. The minimum Gasteiger partial charge on any atom is -0.481 e. The number of aliphatic carboxylic acids is 1. The molecular weight excluding hydrogens is 290 g/mol. The maximum Gasteiger partial charge on any atom is 0.410 e. The summed E-state index contributed by atoms with van der Waals surface area (Å²) in [5.41, 5.74) is -0.617. The van der Waals surface area contributed by atoms with E-state index in [1.54, 1.807) is 34.8 Å². The van der Waals surface area contributed by atoms with E-state index in [0.29, 0.717) is 13.0 Å². The summed E-state index contributed by atoms with van der Waals surface area (Å²) in [7, 11) is 3.03. The van der Waals surface area contributed by atoms with Crippen molar-refractivity contribution in [2.45, 2.75) is 58.0 Å². The number of hydrogen-bond acceptors (Lipinski definition) is 5. The first-order chi connectivity index (χ1) is 10.1. The number of ether oxygens (including phenoxy) is 3. The quantitative estimate of drug-likeness (QED) is 0.831. The number of methoxy groups -OCH3 is 2. The summed E-state index contributed by atoms with van der Waals surface area (Å²) < 4.78 is 16.1. The fraction of sp³-hybridized carbons (Fsp3) is 0.867. The van der Waals surface area contributed by atoms with Gasteiger partial charge in [0.15, 0.2) is 0 Å².